The molecule has 12 heteroatoms. The molecule has 2 amide bonds. The summed E-state index contributed by atoms with van der Waals surface area (Å²) >= 11 is 4.52. The number of hydrogen-bond acceptors (Lipinski definition) is 10. The summed E-state index contributed by atoms with van der Waals surface area (Å²) < 4.78 is 0. The minimum atomic E-state index is -0.478. The van der Waals surface area contributed by atoms with Gasteiger partial charge in [-0.2, -0.15) is 0 Å². The average Bonchev–Trinajstić information content (AvgIpc) is 2.85. The molecule has 8 N–H and O–H groups in total. The molecule has 2 aliphatic rings. The number of thiocarbonyl (C=S) groups is 1. The molecule has 2 aliphatic heterocycles. The minimum Gasteiger partial charge on any atom is -0.356 e. The molecule has 0 aliphatic carbocycles. The molecule has 0 radical (unpaired) electrons. The second-order valence-electron chi connectivity index (χ2n) is 9.91. The van der Waals surface area contributed by atoms with Crippen LogP contribution in [0.15, 0.2) is 4.99 Å². The standard InChI is InChI=1S/C23H45N9O2S/c1-22-12-24-8-10-26-15-23(17-30-18-29-14-22,16-27-11-9-25-13-22)32-21(34)5-2-4-20(33)31-7-3-6-28-19-35/h24-27,29-30H,2-18H2,1H3,(H,31,33)(H,32,34)/t22-,23-. The van der Waals surface area contributed by atoms with E-state index in [9.17, 15) is 9.59 Å². The molecule has 0 atom stereocenters. The molecular weight excluding hydrogens is 466 g/mol. The Hall–Kier alpha value is -1.50. The Kier molecular flexibility index (Phi) is 14.5. The highest BCUT2D eigenvalue weighted by atomic mass is 32.1. The molecule has 2 rings (SSSR count). The first-order valence-electron chi connectivity index (χ1n) is 12.8. The van der Waals surface area contributed by atoms with Crippen molar-refractivity contribution in [1.29, 1.82) is 0 Å². The molecule has 2 bridgehead atoms. The van der Waals surface area contributed by atoms with Crippen LogP contribution in [0.25, 0.3) is 0 Å². The molecule has 0 aromatic carbocycles. The molecule has 0 aromatic rings. The number of nitrogens with one attached hydrogen (secondary N) is 8. The van der Waals surface area contributed by atoms with E-state index in [-0.39, 0.29) is 17.2 Å². The average molecular weight is 512 g/mol. The number of amides is 2. The summed E-state index contributed by atoms with van der Waals surface area (Å²) in [4.78, 5) is 28.8. The predicted molar refractivity (Wildman–Crippen MR) is 143 cm³/mol. The van der Waals surface area contributed by atoms with E-state index in [4.69, 9.17) is 0 Å². The molecule has 2 heterocycles. The number of carbonyl (C=O) groups is 2. The van der Waals surface area contributed by atoms with Gasteiger partial charge in [0.15, 0.2) is 0 Å². The van der Waals surface area contributed by atoms with Crippen molar-refractivity contribution < 1.29 is 9.59 Å². The van der Waals surface area contributed by atoms with Gasteiger partial charge in [0.1, 0.15) is 0 Å². The lowest BCUT2D eigenvalue weighted by molar-refractivity contribution is -0.123. The van der Waals surface area contributed by atoms with Gasteiger partial charge < -0.3 is 42.5 Å². The van der Waals surface area contributed by atoms with Gasteiger partial charge in [0.2, 0.25) is 11.8 Å². The second kappa shape index (κ2) is 17.0. The van der Waals surface area contributed by atoms with Crippen molar-refractivity contribution in [2.45, 2.75) is 38.1 Å². The van der Waals surface area contributed by atoms with Crippen LogP contribution in [-0.2, 0) is 9.59 Å². The summed E-state index contributed by atoms with van der Waals surface area (Å²) in [6.45, 7) is 12.1. The SMILES string of the molecule is C[C@]12CNCCNC[C@](NC(=O)CCCC(=O)NCCCN=C=S)(CNCCNC1)CNCNC2. The van der Waals surface area contributed by atoms with Gasteiger partial charge >= 0.3 is 0 Å². The summed E-state index contributed by atoms with van der Waals surface area (Å²) in [5, 5.41) is 29.7. The monoisotopic (exact) mass is 511 g/mol. The third kappa shape index (κ3) is 12.9. The molecule has 35 heavy (non-hydrogen) atoms. The van der Waals surface area contributed by atoms with E-state index in [2.05, 4.69) is 71.8 Å². The van der Waals surface area contributed by atoms with Crippen molar-refractivity contribution in [3.63, 3.8) is 0 Å². The van der Waals surface area contributed by atoms with E-state index in [1.54, 1.807) is 0 Å². The number of rotatable bonds is 9. The number of hydrogen-bond donors (Lipinski definition) is 8. The number of aliphatic imine (C=N–C) groups is 1. The van der Waals surface area contributed by atoms with Crippen LogP contribution in [0.5, 0.6) is 0 Å². The number of fused-ring (bicyclic) bond motifs is 6. The van der Waals surface area contributed by atoms with Gasteiger partial charge in [0.05, 0.1) is 17.2 Å². The largest absolute Gasteiger partial charge is 0.356 e. The summed E-state index contributed by atoms with van der Waals surface area (Å²) in [7, 11) is 0. The first-order chi connectivity index (χ1) is 17.0. The Morgan fingerprint density at radius 1 is 0.829 bits per heavy atom. The van der Waals surface area contributed by atoms with Crippen LogP contribution < -0.4 is 42.5 Å². The second-order valence-corrected chi connectivity index (χ2v) is 10.1. The summed E-state index contributed by atoms with van der Waals surface area (Å²) in [5.41, 5.74) is -0.367. The molecule has 2 saturated heterocycles. The van der Waals surface area contributed by atoms with Gasteiger partial charge in [-0.3, -0.25) is 9.59 Å². The molecular formula is C23H45N9O2S. The fourth-order valence-electron chi connectivity index (χ4n) is 4.34. The summed E-state index contributed by atoms with van der Waals surface area (Å²) in [6, 6.07) is 0. The van der Waals surface area contributed by atoms with Gasteiger partial charge in [0.25, 0.3) is 0 Å². The van der Waals surface area contributed by atoms with Crippen molar-refractivity contribution in [3.8, 4) is 0 Å². The van der Waals surface area contributed by atoms with E-state index in [1.165, 1.54) is 0 Å². The van der Waals surface area contributed by atoms with Crippen molar-refractivity contribution in [2.24, 2.45) is 10.4 Å². The molecule has 0 unspecified atom stereocenters. The van der Waals surface area contributed by atoms with Gasteiger partial charge in [0, 0.05) is 96.9 Å². The summed E-state index contributed by atoms with van der Waals surface area (Å²) in [5.74, 6) is -0.0848. The zero-order chi connectivity index (χ0) is 25.2. The Labute approximate surface area is 215 Å². The third-order valence-corrected chi connectivity index (χ3v) is 6.43. The maximum absolute atomic E-state index is 12.9. The van der Waals surface area contributed by atoms with Gasteiger partial charge in [-0.15, -0.1) is 0 Å². The molecule has 0 saturated carbocycles. The highest BCUT2D eigenvalue weighted by Crippen LogP contribution is 2.13. The van der Waals surface area contributed by atoms with Gasteiger partial charge in [-0.05, 0) is 25.1 Å². The van der Waals surface area contributed by atoms with E-state index in [0.717, 1.165) is 52.2 Å². The molecule has 200 valence electrons. The first kappa shape index (κ1) is 29.7. The van der Waals surface area contributed by atoms with E-state index in [1.807, 2.05) is 0 Å². The number of carbonyl (C=O) groups excluding carboxylic acids is 2. The molecule has 0 aromatic heterocycles. The van der Waals surface area contributed by atoms with Gasteiger partial charge in [-0.1, -0.05) is 6.92 Å². The lowest BCUT2D eigenvalue weighted by Crippen LogP contribution is -2.65. The summed E-state index contributed by atoms with van der Waals surface area (Å²) in [6.07, 6.45) is 1.87. The first-order valence-corrected chi connectivity index (χ1v) is 13.2. The van der Waals surface area contributed by atoms with Crippen LogP contribution >= 0.6 is 12.2 Å². The fraction of sp³-hybridized carbons (Fsp3) is 0.870. The maximum Gasteiger partial charge on any atom is 0.220 e. The smallest absolute Gasteiger partial charge is 0.220 e. The lowest BCUT2D eigenvalue weighted by atomic mass is 9.90. The Bertz CT molecular complexity index is 672. The zero-order valence-corrected chi connectivity index (χ0v) is 22.0. The van der Waals surface area contributed by atoms with Crippen molar-refractivity contribution in [2.75, 3.05) is 85.2 Å². The van der Waals surface area contributed by atoms with Crippen LogP contribution in [0, 0.1) is 5.41 Å². The van der Waals surface area contributed by atoms with Crippen LogP contribution in [0.3, 0.4) is 0 Å². The van der Waals surface area contributed by atoms with Crippen LogP contribution in [0.4, 0.5) is 0 Å². The lowest BCUT2D eigenvalue weighted by Gasteiger charge is -2.36. The van der Waals surface area contributed by atoms with Crippen molar-refractivity contribution >= 4 is 29.2 Å². The highest BCUT2D eigenvalue weighted by molar-refractivity contribution is 7.78. The number of nitrogens with zero attached hydrogens (tertiary/aromatic N) is 1. The topological polar surface area (TPSA) is 143 Å². The highest BCUT2D eigenvalue weighted by Gasteiger charge is 2.32. The van der Waals surface area contributed by atoms with Crippen LogP contribution in [-0.4, -0.2) is 108 Å². The fourth-order valence-corrected chi connectivity index (χ4v) is 4.43. The minimum absolute atomic E-state index is 0.0380. The van der Waals surface area contributed by atoms with Gasteiger partial charge in [-0.25, -0.2) is 4.99 Å². The quantitative estimate of drug-likeness (QED) is 0.102. The normalized spacial score (nSPS) is 26.8. The number of isothiocyanates is 1. The molecule has 0 spiro atoms. The van der Waals surface area contributed by atoms with Crippen LogP contribution in [0.1, 0.15) is 32.6 Å². The van der Waals surface area contributed by atoms with Crippen LogP contribution in [0.2, 0.25) is 0 Å². The van der Waals surface area contributed by atoms with E-state index in [0.29, 0.717) is 58.7 Å². The molecule has 2 fully saturated rings. The van der Waals surface area contributed by atoms with Crippen molar-refractivity contribution in [3.05, 3.63) is 0 Å². The Morgan fingerprint density at radius 2 is 1.37 bits per heavy atom. The predicted octanol–water partition coefficient (Wildman–Crippen LogP) is -1.85. The van der Waals surface area contributed by atoms with E-state index < -0.39 is 5.54 Å². The Balaban J connectivity index is 1.90. The third-order valence-electron chi connectivity index (χ3n) is 6.30. The van der Waals surface area contributed by atoms with E-state index >= 15 is 0 Å². The Morgan fingerprint density at radius 3 is 2.03 bits per heavy atom. The maximum atomic E-state index is 12.9. The van der Waals surface area contributed by atoms with Crippen molar-refractivity contribution in [1.82, 2.24) is 42.5 Å². The zero-order valence-electron chi connectivity index (χ0n) is 21.2. The molecule has 11 nitrogen and oxygen atoms in total.